The van der Waals surface area contributed by atoms with Gasteiger partial charge >= 0.3 is 11.9 Å². The number of hydrogen-bond donors (Lipinski definition) is 1. The summed E-state index contributed by atoms with van der Waals surface area (Å²) < 4.78 is 24.5. The van der Waals surface area contributed by atoms with Crippen LogP contribution in [0, 0.1) is 5.82 Å². The number of nitrogens with zero attached hydrogens (tertiary/aromatic N) is 3. The van der Waals surface area contributed by atoms with Gasteiger partial charge in [-0.1, -0.05) is 0 Å². The SMILES string of the molecule is COC(=O)/C=C(/Nc1cc(-n2cnnc2)ccc1F)C(=O)OC. The average Bonchev–Trinajstić information content (AvgIpc) is 3.09. The first kappa shape index (κ1) is 16.1. The van der Waals surface area contributed by atoms with Crippen molar-refractivity contribution in [3.8, 4) is 5.69 Å². The molecule has 0 aliphatic carbocycles. The minimum Gasteiger partial charge on any atom is -0.466 e. The summed E-state index contributed by atoms with van der Waals surface area (Å²) in [6.07, 6.45) is 3.74. The maximum Gasteiger partial charge on any atom is 0.354 e. The van der Waals surface area contributed by atoms with Gasteiger partial charge in [0.05, 0.1) is 31.7 Å². The first-order valence-corrected chi connectivity index (χ1v) is 6.34. The number of aromatic nitrogens is 3. The molecule has 9 heteroatoms. The molecule has 0 aliphatic heterocycles. The Bertz CT molecular complexity index is 743. The Morgan fingerprint density at radius 1 is 1.22 bits per heavy atom. The third kappa shape index (κ3) is 3.90. The summed E-state index contributed by atoms with van der Waals surface area (Å²) in [6.45, 7) is 0. The van der Waals surface area contributed by atoms with Crippen molar-refractivity contribution in [2.75, 3.05) is 19.5 Å². The third-order valence-electron chi connectivity index (χ3n) is 2.80. The lowest BCUT2D eigenvalue weighted by molar-refractivity contribution is -0.138. The number of hydrogen-bond acceptors (Lipinski definition) is 7. The standard InChI is InChI=1S/C14H13FN4O4/c1-22-13(20)6-12(14(21)23-2)18-11-5-9(3-4-10(11)15)19-7-16-17-8-19/h3-8,18H,1-2H3/b12-6+. The maximum absolute atomic E-state index is 14.0. The zero-order valence-electron chi connectivity index (χ0n) is 12.3. The fourth-order valence-electron chi connectivity index (χ4n) is 1.68. The first-order chi connectivity index (χ1) is 11.0. The highest BCUT2D eigenvalue weighted by Gasteiger charge is 2.15. The van der Waals surface area contributed by atoms with Gasteiger partial charge in [-0.25, -0.2) is 14.0 Å². The number of anilines is 1. The molecular weight excluding hydrogens is 307 g/mol. The fraction of sp³-hybridized carbons (Fsp3) is 0.143. The van der Waals surface area contributed by atoms with Crippen molar-refractivity contribution < 1.29 is 23.5 Å². The minimum absolute atomic E-state index is 0.0308. The molecule has 1 aromatic carbocycles. The topological polar surface area (TPSA) is 95.3 Å². The number of nitrogens with one attached hydrogen (secondary N) is 1. The number of methoxy groups -OCH3 is 2. The second-order valence-electron chi connectivity index (χ2n) is 4.23. The number of benzene rings is 1. The van der Waals surface area contributed by atoms with E-state index in [1.165, 1.54) is 30.9 Å². The molecule has 1 aromatic heterocycles. The molecule has 2 aromatic rings. The molecule has 0 spiro atoms. The summed E-state index contributed by atoms with van der Waals surface area (Å²) in [6, 6.07) is 4.13. The molecule has 0 unspecified atom stereocenters. The lowest BCUT2D eigenvalue weighted by Crippen LogP contribution is -2.16. The molecule has 1 heterocycles. The summed E-state index contributed by atoms with van der Waals surface area (Å²) in [5, 5.41) is 9.83. The molecule has 0 radical (unpaired) electrons. The summed E-state index contributed by atoms with van der Waals surface area (Å²) in [5.41, 5.74) is 0.261. The molecule has 0 bridgehead atoms. The van der Waals surface area contributed by atoms with Crippen LogP contribution in [0.1, 0.15) is 0 Å². The van der Waals surface area contributed by atoms with E-state index >= 15 is 0 Å². The number of carbonyl (C=O) groups excluding carboxylic acids is 2. The molecular formula is C14H13FN4O4. The highest BCUT2D eigenvalue weighted by molar-refractivity contribution is 5.98. The second kappa shape index (κ2) is 7.16. The number of carbonyl (C=O) groups is 2. The first-order valence-electron chi connectivity index (χ1n) is 6.34. The molecule has 0 amide bonds. The zero-order chi connectivity index (χ0) is 16.8. The predicted molar refractivity (Wildman–Crippen MR) is 77.1 cm³/mol. The van der Waals surface area contributed by atoms with Gasteiger partial charge in [-0.15, -0.1) is 10.2 Å². The van der Waals surface area contributed by atoms with E-state index in [1.54, 1.807) is 4.57 Å². The van der Waals surface area contributed by atoms with Crippen LogP contribution in [-0.2, 0) is 19.1 Å². The number of ether oxygens (including phenoxy) is 2. The molecule has 0 fully saturated rings. The van der Waals surface area contributed by atoms with Crippen LogP contribution >= 0.6 is 0 Å². The molecule has 2 rings (SSSR count). The van der Waals surface area contributed by atoms with Gasteiger partial charge in [0.25, 0.3) is 0 Å². The van der Waals surface area contributed by atoms with E-state index in [0.29, 0.717) is 5.69 Å². The van der Waals surface area contributed by atoms with Gasteiger partial charge in [0.15, 0.2) is 0 Å². The summed E-state index contributed by atoms with van der Waals surface area (Å²) >= 11 is 0. The van der Waals surface area contributed by atoms with E-state index < -0.39 is 17.8 Å². The molecule has 1 N–H and O–H groups in total. The van der Waals surface area contributed by atoms with Gasteiger partial charge in [0, 0.05) is 0 Å². The van der Waals surface area contributed by atoms with Crippen LogP contribution in [0.25, 0.3) is 5.69 Å². The van der Waals surface area contributed by atoms with Gasteiger partial charge in [-0.05, 0) is 18.2 Å². The molecule has 0 atom stereocenters. The quantitative estimate of drug-likeness (QED) is 0.650. The van der Waals surface area contributed by atoms with Gasteiger partial charge in [0.2, 0.25) is 0 Å². The summed E-state index contributed by atoms with van der Waals surface area (Å²) in [7, 11) is 2.29. The average molecular weight is 320 g/mol. The Hall–Kier alpha value is -3.23. The van der Waals surface area contributed by atoms with Crippen LogP contribution in [0.15, 0.2) is 42.6 Å². The monoisotopic (exact) mass is 320 g/mol. The van der Waals surface area contributed by atoms with Gasteiger partial charge < -0.3 is 14.8 Å². The van der Waals surface area contributed by atoms with E-state index in [9.17, 15) is 14.0 Å². The Kier molecular flexibility index (Phi) is 5.03. The molecule has 0 saturated heterocycles. The van der Waals surface area contributed by atoms with E-state index in [4.69, 9.17) is 0 Å². The van der Waals surface area contributed by atoms with Gasteiger partial charge in [0.1, 0.15) is 24.2 Å². The summed E-state index contributed by atoms with van der Waals surface area (Å²) in [4.78, 5) is 23.0. The molecule has 23 heavy (non-hydrogen) atoms. The van der Waals surface area contributed by atoms with E-state index in [-0.39, 0.29) is 11.4 Å². The maximum atomic E-state index is 14.0. The van der Waals surface area contributed by atoms with Crippen molar-refractivity contribution in [3.05, 3.63) is 48.4 Å². The number of halogens is 1. The third-order valence-corrected chi connectivity index (χ3v) is 2.80. The molecule has 0 saturated carbocycles. The van der Waals surface area contributed by atoms with Crippen LogP contribution < -0.4 is 5.32 Å². The lowest BCUT2D eigenvalue weighted by Gasteiger charge is -2.11. The summed E-state index contributed by atoms with van der Waals surface area (Å²) in [5.74, 6) is -2.25. The number of esters is 2. The van der Waals surface area contributed by atoms with Crippen molar-refractivity contribution >= 4 is 17.6 Å². The fourth-order valence-corrected chi connectivity index (χ4v) is 1.68. The predicted octanol–water partition coefficient (Wildman–Crippen LogP) is 1.05. The molecule has 0 aliphatic rings. The van der Waals surface area contributed by atoms with Gasteiger partial charge in [-0.3, -0.25) is 4.57 Å². The van der Waals surface area contributed by atoms with E-state index in [1.807, 2.05) is 0 Å². The van der Waals surface area contributed by atoms with Crippen LogP contribution in [0.3, 0.4) is 0 Å². The highest BCUT2D eigenvalue weighted by atomic mass is 19.1. The van der Waals surface area contributed by atoms with Crippen molar-refractivity contribution in [1.29, 1.82) is 0 Å². The Labute approximate surface area is 130 Å². The Morgan fingerprint density at radius 3 is 2.52 bits per heavy atom. The normalized spacial score (nSPS) is 11.0. The van der Waals surface area contributed by atoms with Gasteiger partial charge in [-0.2, -0.15) is 0 Å². The molecule has 120 valence electrons. The largest absolute Gasteiger partial charge is 0.466 e. The van der Waals surface area contributed by atoms with Crippen LogP contribution in [0.4, 0.5) is 10.1 Å². The number of rotatable bonds is 5. The Morgan fingerprint density at radius 2 is 1.91 bits per heavy atom. The van der Waals surface area contributed by atoms with Crippen molar-refractivity contribution in [3.63, 3.8) is 0 Å². The Balaban J connectivity index is 2.36. The smallest absolute Gasteiger partial charge is 0.354 e. The minimum atomic E-state index is -0.843. The lowest BCUT2D eigenvalue weighted by atomic mass is 10.2. The van der Waals surface area contributed by atoms with Crippen LogP contribution in [0.2, 0.25) is 0 Å². The van der Waals surface area contributed by atoms with Crippen molar-refractivity contribution in [1.82, 2.24) is 14.8 Å². The van der Waals surface area contributed by atoms with Crippen LogP contribution in [0.5, 0.6) is 0 Å². The van der Waals surface area contributed by atoms with Crippen LogP contribution in [-0.4, -0.2) is 40.9 Å². The molecule has 8 nitrogen and oxygen atoms in total. The second-order valence-corrected chi connectivity index (χ2v) is 4.23. The van der Waals surface area contributed by atoms with Crippen molar-refractivity contribution in [2.24, 2.45) is 0 Å². The van der Waals surface area contributed by atoms with E-state index in [0.717, 1.165) is 20.3 Å². The van der Waals surface area contributed by atoms with Crippen molar-refractivity contribution in [2.45, 2.75) is 0 Å². The highest BCUT2D eigenvalue weighted by Crippen LogP contribution is 2.20. The zero-order valence-corrected chi connectivity index (χ0v) is 12.3. The van der Waals surface area contributed by atoms with E-state index in [2.05, 4.69) is 25.0 Å².